The van der Waals surface area contributed by atoms with Gasteiger partial charge in [-0.25, -0.2) is 0 Å². The first kappa shape index (κ1) is 10.2. The van der Waals surface area contributed by atoms with E-state index in [1.165, 1.54) is 20.9 Å². The van der Waals surface area contributed by atoms with Gasteiger partial charge in [0.1, 0.15) is 0 Å². The molecule has 0 aliphatic rings. The van der Waals surface area contributed by atoms with Crippen LogP contribution in [0, 0.1) is 20.8 Å². The van der Waals surface area contributed by atoms with Crippen LogP contribution in [0.15, 0.2) is 24.3 Å². The van der Waals surface area contributed by atoms with E-state index in [1.807, 2.05) is 17.4 Å². The molecule has 15 heavy (non-hydrogen) atoms. The molecule has 0 saturated carbocycles. The molecular formula is C13H15NS. The molecule has 0 bridgehead atoms. The first-order valence-electron chi connectivity index (χ1n) is 5.01. The lowest BCUT2D eigenvalue weighted by Crippen LogP contribution is -1.89. The molecule has 0 spiro atoms. The fourth-order valence-electron chi connectivity index (χ4n) is 1.74. The van der Waals surface area contributed by atoms with E-state index in [0.29, 0.717) is 0 Å². The van der Waals surface area contributed by atoms with Crippen molar-refractivity contribution >= 4 is 17.0 Å². The third-order valence-corrected chi connectivity index (χ3v) is 3.77. The summed E-state index contributed by atoms with van der Waals surface area (Å²) >= 11 is 1.84. The van der Waals surface area contributed by atoms with Crippen LogP contribution in [0.5, 0.6) is 0 Å². The molecule has 0 saturated heterocycles. The van der Waals surface area contributed by atoms with E-state index in [0.717, 1.165) is 11.3 Å². The summed E-state index contributed by atoms with van der Waals surface area (Å²) < 4.78 is 0. The molecule has 2 N–H and O–H groups in total. The van der Waals surface area contributed by atoms with Gasteiger partial charge in [0.2, 0.25) is 0 Å². The number of nitrogen functional groups attached to an aromatic ring is 1. The minimum absolute atomic E-state index is 0.865. The lowest BCUT2D eigenvalue weighted by atomic mass is 10.1. The van der Waals surface area contributed by atoms with Crippen LogP contribution >= 0.6 is 11.3 Å². The van der Waals surface area contributed by atoms with Crippen molar-refractivity contribution in [3.8, 4) is 10.4 Å². The molecule has 1 nitrogen and oxygen atoms in total. The topological polar surface area (TPSA) is 26.0 Å². The number of hydrogen-bond acceptors (Lipinski definition) is 2. The van der Waals surface area contributed by atoms with Gasteiger partial charge in [0, 0.05) is 15.4 Å². The van der Waals surface area contributed by atoms with Gasteiger partial charge in [-0.05, 0) is 55.7 Å². The maximum absolute atomic E-state index is 5.81. The number of benzene rings is 1. The summed E-state index contributed by atoms with van der Waals surface area (Å²) in [7, 11) is 0. The van der Waals surface area contributed by atoms with Crippen LogP contribution in [0.1, 0.15) is 16.0 Å². The number of thiophene rings is 1. The zero-order chi connectivity index (χ0) is 11.0. The highest BCUT2D eigenvalue weighted by Crippen LogP contribution is 2.33. The van der Waals surface area contributed by atoms with Gasteiger partial charge in [-0.15, -0.1) is 11.3 Å². The maximum atomic E-state index is 5.81. The molecule has 0 aliphatic heterocycles. The average molecular weight is 217 g/mol. The maximum Gasteiger partial charge on any atom is 0.0374 e. The van der Waals surface area contributed by atoms with Crippen LogP contribution in [0.3, 0.4) is 0 Å². The Morgan fingerprint density at radius 2 is 1.73 bits per heavy atom. The molecule has 0 atom stereocenters. The molecule has 0 radical (unpaired) electrons. The monoisotopic (exact) mass is 217 g/mol. The van der Waals surface area contributed by atoms with Crippen LogP contribution in [0.25, 0.3) is 10.4 Å². The van der Waals surface area contributed by atoms with Gasteiger partial charge in [-0.2, -0.15) is 0 Å². The Kier molecular flexibility index (Phi) is 2.53. The Morgan fingerprint density at radius 3 is 2.27 bits per heavy atom. The molecule has 1 aromatic heterocycles. The summed E-state index contributed by atoms with van der Waals surface area (Å²) in [6.45, 7) is 6.35. The fourth-order valence-corrected chi connectivity index (χ4v) is 2.77. The zero-order valence-electron chi connectivity index (χ0n) is 9.29. The molecular weight excluding hydrogens is 202 g/mol. The van der Waals surface area contributed by atoms with Gasteiger partial charge in [0.25, 0.3) is 0 Å². The summed E-state index contributed by atoms with van der Waals surface area (Å²) in [6.07, 6.45) is 0. The first-order valence-corrected chi connectivity index (χ1v) is 5.83. The highest BCUT2D eigenvalue weighted by atomic mass is 32.1. The Morgan fingerprint density at radius 1 is 1.00 bits per heavy atom. The number of aryl methyl sites for hydroxylation is 3. The normalized spacial score (nSPS) is 10.6. The third-order valence-electron chi connectivity index (χ3n) is 2.57. The van der Waals surface area contributed by atoms with E-state index in [2.05, 4.69) is 39.0 Å². The van der Waals surface area contributed by atoms with Crippen LogP contribution < -0.4 is 5.73 Å². The fraction of sp³-hybridized carbons (Fsp3) is 0.231. The first-order chi connectivity index (χ1) is 7.08. The molecule has 0 unspecified atom stereocenters. The SMILES string of the molecule is Cc1cc(C)c(-c2ccc(N)c(C)c2)s1. The second kappa shape index (κ2) is 3.70. The van der Waals surface area contributed by atoms with Gasteiger partial charge in [-0.1, -0.05) is 6.07 Å². The Balaban J connectivity index is 2.54. The number of hydrogen-bond donors (Lipinski definition) is 1. The minimum Gasteiger partial charge on any atom is -0.399 e. The van der Waals surface area contributed by atoms with E-state index in [1.54, 1.807) is 0 Å². The summed E-state index contributed by atoms with van der Waals surface area (Å²) in [4.78, 5) is 2.72. The van der Waals surface area contributed by atoms with Crippen molar-refractivity contribution in [3.05, 3.63) is 40.3 Å². The van der Waals surface area contributed by atoms with Gasteiger partial charge in [0.15, 0.2) is 0 Å². The second-order valence-electron chi connectivity index (χ2n) is 3.94. The van der Waals surface area contributed by atoms with Crippen molar-refractivity contribution in [2.75, 3.05) is 5.73 Å². The van der Waals surface area contributed by atoms with Crippen LogP contribution in [0.4, 0.5) is 5.69 Å². The molecule has 2 rings (SSSR count). The highest BCUT2D eigenvalue weighted by Gasteiger charge is 2.06. The van der Waals surface area contributed by atoms with Crippen molar-refractivity contribution in [2.45, 2.75) is 20.8 Å². The zero-order valence-corrected chi connectivity index (χ0v) is 10.1. The second-order valence-corrected chi connectivity index (χ2v) is 5.20. The van der Waals surface area contributed by atoms with E-state index >= 15 is 0 Å². The molecule has 0 fully saturated rings. The van der Waals surface area contributed by atoms with Gasteiger partial charge < -0.3 is 5.73 Å². The smallest absolute Gasteiger partial charge is 0.0374 e. The number of anilines is 1. The predicted molar refractivity (Wildman–Crippen MR) is 68.4 cm³/mol. The minimum atomic E-state index is 0.865. The summed E-state index contributed by atoms with van der Waals surface area (Å²) in [5, 5.41) is 0. The number of rotatable bonds is 1. The van der Waals surface area contributed by atoms with E-state index in [9.17, 15) is 0 Å². The third kappa shape index (κ3) is 1.90. The lowest BCUT2D eigenvalue weighted by Gasteiger charge is -2.04. The molecule has 0 aliphatic carbocycles. The van der Waals surface area contributed by atoms with Gasteiger partial charge >= 0.3 is 0 Å². The average Bonchev–Trinajstić information content (AvgIpc) is 2.50. The van der Waals surface area contributed by atoms with E-state index in [-0.39, 0.29) is 0 Å². The van der Waals surface area contributed by atoms with Gasteiger partial charge in [-0.3, -0.25) is 0 Å². The molecule has 2 heteroatoms. The lowest BCUT2D eigenvalue weighted by molar-refractivity contribution is 1.45. The van der Waals surface area contributed by atoms with Crippen molar-refractivity contribution in [1.29, 1.82) is 0 Å². The van der Waals surface area contributed by atoms with Crippen molar-refractivity contribution in [1.82, 2.24) is 0 Å². The Bertz CT molecular complexity index is 497. The van der Waals surface area contributed by atoms with Gasteiger partial charge in [0.05, 0.1) is 0 Å². The highest BCUT2D eigenvalue weighted by molar-refractivity contribution is 7.15. The molecule has 78 valence electrons. The summed E-state index contributed by atoms with van der Waals surface area (Å²) in [5.74, 6) is 0. The summed E-state index contributed by atoms with van der Waals surface area (Å²) in [6, 6.07) is 8.47. The van der Waals surface area contributed by atoms with E-state index in [4.69, 9.17) is 5.73 Å². The largest absolute Gasteiger partial charge is 0.399 e. The Labute approximate surface area is 94.6 Å². The molecule has 1 heterocycles. The quantitative estimate of drug-likeness (QED) is 0.720. The van der Waals surface area contributed by atoms with E-state index < -0.39 is 0 Å². The van der Waals surface area contributed by atoms with Crippen LogP contribution in [-0.2, 0) is 0 Å². The standard InChI is InChI=1S/C13H15NS/c1-8-7-11(4-5-12(8)14)13-9(2)6-10(3)15-13/h4-7H,14H2,1-3H3. The molecule has 1 aromatic carbocycles. The molecule has 2 aromatic rings. The Hall–Kier alpha value is -1.28. The van der Waals surface area contributed by atoms with Crippen molar-refractivity contribution in [2.24, 2.45) is 0 Å². The van der Waals surface area contributed by atoms with Crippen LogP contribution in [-0.4, -0.2) is 0 Å². The predicted octanol–water partition coefficient (Wildman–Crippen LogP) is 3.92. The van der Waals surface area contributed by atoms with Crippen molar-refractivity contribution < 1.29 is 0 Å². The van der Waals surface area contributed by atoms with Crippen LogP contribution in [0.2, 0.25) is 0 Å². The summed E-state index contributed by atoms with van der Waals surface area (Å²) in [5.41, 5.74) is 10.5. The molecule has 0 amide bonds. The number of nitrogens with two attached hydrogens (primary N) is 1. The van der Waals surface area contributed by atoms with Crippen molar-refractivity contribution in [3.63, 3.8) is 0 Å².